The zero-order valence-electron chi connectivity index (χ0n) is 6.27. The van der Waals surface area contributed by atoms with E-state index < -0.39 is 0 Å². The largest absolute Gasteiger partial charge is 0.510 e. The van der Waals surface area contributed by atoms with Crippen molar-refractivity contribution in [2.24, 2.45) is 0 Å². The summed E-state index contributed by atoms with van der Waals surface area (Å²) >= 11 is 0. The average Bonchev–Trinajstić information content (AvgIpc) is 1.59. The highest BCUT2D eigenvalue weighted by atomic mass is 16.5. The first-order valence-corrected chi connectivity index (χ1v) is 2.92. The molecular formula is C7H14O2. The Kier molecular flexibility index (Phi) is 2.71. The fourth-order valence-corrected chi connectivity index (χ4v) is 0.300. The second-order valence-electron chi connectivity index (χ2n) is 2.97. The fraction of sp³-hybridized carbons (Fsp3) is 0.714. The Balaban J connectivity index is 3.39. The minimum atomic E-state index is -0.189. The molecular weight excluding hydrogens is 116 g/mol. The van der Waals surface area contributed by atoms with Crippen LogP contribution in [0.2, 0.25) is 0 Å². The van der Waals surface area contributed by atoms with E-state index in [2.05, 4.69) is 6.58 Å². The standard InChI is InChI=1S/C7H14O2/c1-6(8)5-9-7(2,3)4/h8H,1,5H2,2-4H3. The Labute approximate surface area is 56.1 Å². The summed E-state index contributed by atoms with van der Waals surface area (Å²) in [6, 6.07) is 0. The summed E-state index contributed by atoms with van der Waals surface area (Å²) < 4.78 is 5.14. The van der Waals surface area contributed by atoms with E-state index in [1.165, 1.54) is 0 Å². The summed E-state index contributed by atoms with van der Waals surface area (Å²) in [6.07, 6.45) is 0. The van der Waals surface area contributed by atoms with Gasteiger partial charge in [-0.1, -0.05) is 6.58 Å². The lowest BCUT2D eigenvalue weighted by molar-refractivity contribution is -0.00126. The third-order valence-electron chi connectivity index (χ3n) is 0.672. The molecule has 0 spiro atoms. The van der Waals surface area contributed by atoms with Crippen LogP contribution in [0.15, 0.2) is 12.3 Å². The summed E-state index contributed by atoms with van der Waals surface area (Å²) in [4.78, 5) is 0. The number of ether oxygens (including phenoxy) is 1. The van der Waals surface area contributed by atoms with Gasteiger partial charge in [0.2, 0.25) is 0 Å². The van der Waals surface area contributed by atoms with Crippen molar-refractivity contribution in [1.29, 1.82) is 0 Å². The van der Waals surface area contributed by atoms with E-state index in [4.69, 9.17) is 9.84 Å². The van der Waals surface area contributed by atoms with E-state index in [1.807, 2.05) is 20.8 Å². The van der Waals surface area contributed by atoms with Crippen molar-refractivity contribution < 1.29 is 9.84 Å². The van der Waals surface area contributed by atoms with Crippen molar-refractivity contribution in [3.05, 3.63) is 12.3 Å². The van der Waals surface area contributed by atoms with Crippen LogP contribution >= 0.6 is 0 Å². The van der Waals surface area contributed by atoms with Gasteiger partial charge in [-0.25, -0.2) is 0 Å². The van der Waals surface area contributed by atoms with Crippen LogP contribution in [0.5, 0.6) is 0 Å². The van der Waals surface area contributed by atoms with Crippen LogP contribution in [-0.2, 0) is 4.74 Å². The van der Waals surface area contributed by atoms with Crippen molar-refractivity contribution >= 4 is 0 Å². The van der Waals surface area contributed by atoms with E-state index in [1.54, 1.807) is 0 Å². The first-order valence-electron chi connectivity index (χ1n) is 2.92. The molecule has 0 aliphatic rings. The monoisotopic (exact) mass is 130 g/mol. The number of hydrogen-bond acceptors (Lipinski definition) is 2. The fourth-order valence-electron chi connectivity index (χ4n) is 0.300. The summed E-state index contributed by atoms with van der Waals surface area (Å²) in [6.45, 7) is 9.29. The molecule has 9 heavy (non-hydrogen) atoms. The Morgan fingerprint density at radius 3 is 2.11 bits per heavy atom. The van der Waals surface area contributed by atoms with Gasteiger partial charge in [-0.3, -0.25) is 0 Å². The number of hydrogen-bond donors (Lipinski definition) is 1. The SMILES string of the molecule is C=C(O)COC(C)(C)C. The molecule has 1 N–H and O–H groups in total. The normalized spacial score (nSPS) is 11.4. The molecule has 0 radical (unpaired) electrons. The highest BCUT2D eigenvalue weighted by Crippen LogP contribution is 2.06. The van der Waals surface area contributed by atoms with Gasteiger partial charge in [-0.05, 0) is 20.8 Å². The lowest BCUT2D eigenvalue weighted by Crippen LogP contribution is -2.20. The maximum Gasteiger partial charge on any atom is 0.111 e. The quantitative estimate of drug-likeness (QED) is 0.578. The summed E-state index contributed by atoms with van der Waals surface area (Å²) in [5, 5.41) is 8.60. The molecule has 54 valence electrons. The van der Waals surface area contributed by atoms with E-state index >= 15 is 0 Å². The predicted octanol–water partition coefficient (Wildman–Crippen LogP) is 1.87. The smallest absolute Gasteiger partial charge is 0.111 e. The molecule has 0 aliphatic carbocycles. The Bertz CT molecular complexity index is 100.0. The molecule has 2 nitrogen and oxygen atoms in total. The molecule has 0 heterocycles. The van der Waals surface area contributed by atoms with Gasteiger partial charge >= 0.3 is 0 Å². The molecule has 0 aliphatic heterocycles. The molecule has 0 amide bonds. The van der Waals surface area contributed by atoms with Gasteiger partial charge in [0.1, 0.15) is 12.4 Å². The van der Waals surface area contributed by atoms with Gasteiger partial charge in [0.25, 0.3) is 0 Å². The van der Waals surface area contributed by atoms with Crippen LogP contribution < -0.4 is 0 Å². The second-order valence-corrected chi connectivity index (χ2v) is 2.97. The average molecular weight is 130 g/mol. The van der Waals surface area contributed by atoms with Gasteiger partial charge in [-0.2, -0.15) is 0 Å². The highest BCUT2D eigenvalue weighted by Gasteiger charge is 2.09. The Morgan fingerprint density at radius 2 is 2.00 bits per heavy atom. The van der Waals surface area contributed by atoms with Crippen molar-refractivity contribution in [3.8, 4) is 0 Å². The molecule has 0 rings (SSSR count). The molecule has 0 aromatic heterocycles. The van der Waals surface area contributed by atoms with Gasteiger partial charge in [0.15, 0.2) is 0 Å². The lowest BCUT2D eigenvalue weighted by Gasteiger charge is -2.18. The number of aliphatic hydroxyl groups is 1. The van der Waals surface area contributed by atoms with Crippen molar-refractivity contribution in [2.75, 3.05) is 6.61 Å². The van der Waals surface area contributed by atoms with Crippen LogP contribution in [0.4, 0.5) is 0 Å². The van der Waals surface area contributed by atoms with Crippen molar-refractivity contribution in [2.45, 2.75) is 26.4 Å². The third-order valence-corrected chi connectivity index (χ3v) is 0.672. The zero-order chi connectivity index (χ0) is 7.49. The third kappa shape index (κ3) is 7.50. The van der Waals surface area contributed by atoms with Crippen LogP contribution in [0, 0.1) is 0 Å². The minimum Gasteiger partial charge on any atom is -0.510 e. The number of rotatable bonds is 2. The molecule has 0 saturated carbocycles. The van der Waals surface area contributed by atoms with Gasteiger partial charge in [-0.15, -0.1) is 0 Å². The highest BCUT2D eigenvalue weighted by molar-refractivity contribution is 4.79. The van der Waals surface area contributed by atoms with Crippen LogP contribution in [0.25, 0.3) is 0 Å². The topological polar surface area (TPSA) is 29.5 Å². The Morgan fingerprint density at radius 1 is 1.56 bits per heavy atom. The molecule has 0 fully saturated rings. The summed E-state index contributed by atoms with van der Waals surface area (Å²) in [7, 11) is 0. The first-order chi connectivity index (χ1) is 3.92. The maximum absolute atomic E-state index is 8.60. The maximum atomic E-state index is 8.60. The minimum absolute atomic E-state index is 0.0740. The van der Waals surface area contributed by atoms with Gasteiger partial charge in [0, 0.05) is 0 Å². The molecule has 0 saturated heterocycles. The first kappa shape index (κ1) is 8.50. The molecule has 0 unspecified atom stereocenters. The van der Waals surface area contributed by atoms with Gasteiger partial charge < -0.3 is 9.84 Å². The van der Waals surface area contributed by atoms with Crippen molar-refractivity contribution in [3.63, 3.8) is 0 Å². The molecule has 0 atom stereocenters. The molecule has 0 aromatic rings. The lowest BCUT2D eigenvalue weighted by atomic mass is 10.2. The zero-order valence-corrected chi connectivity index (χ0v) is 6.27. The van der Waals surface area contributed by atoms with Crippen LogP contribution in [0.1, 0.15) is 20.8 Å². The van der Waals surface area contributed by atoms with Crippen LogP contribution in [0.3, 0.4) is 0 Å². The van der Waals surface area contributed by atoms with E-state index in [-0.39, 0.29) is 18.0 Å². The second kappa shape index (κ2) is 2.87. The van der Waals surface area contributed by atoms with Gasteiger partial charge in [0.05, 0.1) is 5.60 Å². The van der Waals surface area contributed by atoms with Crippen LogP contribution in [-0.4, -0.2) is 17.3 Å². The summed E-state index contributed by atoms with van der Waals surface area (Å²) in [5.74, 6) is 0.0740. The molecule has 0 aromatic carbocycles. The Hall–Kier alpha value is -0.500. The van der Waals surface area contributed by atoms with E-state index in [0.29, 0.717) is 0 Å². The predicted molar refractivity (Wildman–Crippen MR) is 37.5 cm³/mol. The molecule has 0 bridgehead atoms. The molecule has 2 heteroatoms. The van der Waals surface area contributed by atoms with E-state index in [0.717, 1.165) is 0 Å². The number of aliphatic hydroxyl groups excluding tert-OH is 1. The summed E-state index contributed by atoms with van der Waals surface area (Å²) in [5.41, 5.74) is -0.189. The van der Waals surface area contributed by atoms with E-state index in [9.17, 15) is 0 Å². The van der Waals surface area contributed by atoms with Crippen molar-refractivity contribution in [1.82, 2.24) is 0 Å².